The first kappa shape index (κ1) is 11.0. The maximum atomic E-state index is 11.3. The van der Waals surface area contributed by atoms with Crippen LogP contribution in [0.2, 0.25) is 0 Å². The molecule has 0 bridgehead atoms. The molecule has 14 heavy (non-hydrogen) atoms. The summed E-state index contributed by atoms with van der Waals surface area (Å²) in [7, 11) is 1.56. The minimum atomic E-state index is -0.884. The van der Waals surface area contributed by atoms with Crippen LogP contribution in [0.15, 0.2) is 0 Å². The maximum absolute atomic E-state index is 11.3. The molecule has 5 heteroatoms. The lowest BCUT2D eigenvalue weighted by Gasteiger charge is -2.10. The number of carbonyl (C=O) groups is 2. The molecule has 1 fully saturated rings. The summed E-state index contributed by atoms with van der Waals surface area (Å²) in [5.41, 5.74) is 0. The third-order valence-corrected chi connectivity index (χ3v) is 2.41. The molecule has 3 atom stereocenters. The van der Waals surface area contributed by atoms with Crippen molar-refractivity contribution < 1.29 is 19.4 Å². The van der Waals surface area contributed by atoms with E-state index < -0.39 is 11.9 Å². The summed E-state index contributed by atoms with van der Waals surface area (Å²) >= 11 is 0. The van der Waals surface area contributed by atoms with E-state index in [0.29, 0.717) is 13.0 Å². The molecule has 0 heterocycles. The van der Waals surface area contributed by atoms with Gasteiger partial charge in [-0.1, -0.05) is 0 Å². The fourth-order valence-electron chi connectivity index (χ4n) is 1.22. The second kappa shape index (κ2) is 4.41. The Morgan fingerprint density at radius 2 is 2.21 bits per heavy atom. The van der Waals surface area contributed by atoms with Crippen molar-refractivity contribution in [2.75, 3.05) is 13.7 Å². The number of nitrogens with one attached hydrogen (secondary N) is 1. The summed E-state index contributed by atoms with van der Waals surface area (Å²) in [6.07, 6.45) is 0.420. The molecule has 0 aromatic carbocycles. The van der Waals surface area contributed by atoms with Crippen molar-refractivity contribution in [1.29, 1.82) is 0 Å². The van der Waals surface area contributed by atoms with Gasteiger partial charge in [0.2, 0.25) is 5.91 Å². The van der Waals surface area contributed by atoms with E-state index in [-0.39, 0.29) is 17.9 Å². The van der Waals surface area contributed by atoms with Crippen LogP contribution < -0.4 is 5.32 Å². The van der Waals surface area contributed by atoms with Gasteiger partial charge in [0.25, 0.3) is 0 Å². The van der Waals surface area contributed by atoms with Crippen molar-refractivity contribution in [2.45, 2.75) is 19.4 Å². The summed E-state index contributed by atoms with van der Waals surface area (Å²) in [6, 6.07) is 0. The molecule has 0 radical (unpaired) electrons. The highest BCUT2D eigenvalue weighted by Crippen LogP contribution is 2.38. The predicted octanol–water partition coefficient (Wildman–Crippen LogP) is -0.142. The molecule has 0 spiro atoms. The fraction of sp³-hybridized carbons (Fsp3) is 0.778. The Morgan fingerprint density at radius 3 is 2.64 bits per heavy atom. The van der Waals surface area contributed by atoms with Crippen LogP contribution in [-0.4, -0.2) is 36.7 Å². The minimum absolute atomic E-state index is 0.0408. The largest absolute Gasteiger partial charge is 0.481 e. The number of amides is 1. The molecule has 1 aliphatic rings. The number of aliphatic carboxylic acids is 1. The van der Waals surface area contributed by atoms with E-state index in [2.05, 4.69) is 5.32 Å². The first-order valence-corrected chi connectivity index (χ1v) is 4.59. The number of carbonyl (C=O) groups excluding carboxylic acids is 1. The third kappa shape index (κ3) is 2.70. The van der Waals surface area contributed by atoms with E-state index in [1.807, 2.05) is 6.92 Å². The van der Waals surface area contributed by atoms with Crippen LogP contribution in [0.4, 0.5) is 0 Å². The van der Waals surface area contributed by atoms with Crippen LogP contribution in [0, 0.1) is 11.8 Å². The molecule has 0 saturated heterocycles. The lowest BCUT2D eigenvalue weighted by molar-refractivity contribution is -0.140. The van der Waals surface area contributed by atoms with Crippen molar-refractivity contribution >= 4 is 11.9 Å². The van der Waals surface area contributed by atoms with Crippen molar-refractivity contribution in [3.05, 3.63) is 0 Å². The quantitative estimate of drug-likeness (QED) is 0.649. The van der Waals surface area contributed by atoms with Gasteiger partial charge in [0.15, 0.2) is 0 Å². The number of carboxylic acid groups (broad SMARTS) is 1. The van der Waals surface area contributed by atoms with E-state index in [4.69, 9.17) is 9.84 Å². The summed E-state index contributed by atoms with van der Waals surface area (Å²) in [4.78, 5) is 21.8. The summed E-state index contributed by atoms with van der Waals surface area (Å²) in [5.74, 6) is -1.88. The van der Waals surface area contributed by atoms with Gasteiger partial charge in [0.1, 0.15) is 0 Å². The zero-order chi connectivity index (χ0) is 10.7. The maximum Gasteiger partial charge on any atom is 0.307 e. The van der Waals surface area contributed by atoms with Crippen LogP contribution in [0.1, 0.15) is 13.3 Å². The second-order valence-electron chi connectivity index (χ2n) is 3.58. The highest BCUT2D eigenvalue weighted by atomic mass is 16.5. The number of hydrogen-bond acceptors (Lipinski definition) is 3. The number of ether oxygens (including phenoxy) is 1. The first-order valence-electron chi connectivity index (χ1n) is 4.59. The van der Waals surface area contributed by atoms with E-state index in [9.17, 15) is 9.59 Å². The monoisotopic (exact) mass is 201 g/mol. The molecule has 1 amide bonds. The topological polar surface area (TPSA) is 75.6 Å². The zero-order valence-electron chi connectivity index (χ0n) is 8.32. The Balaban J connectivity index is 2.21. The Kier molecular flexibility index (Phi) is 3.46. The minimum Gasteiger partial charge on any atom is -0.481 e. The number of methoxy groups -OCH3 is 1. The summed E-state index contributed by atoms with van der Waals surface area (Å²) < 4.78 is 4.94. The van der Waals surface area contributed by atoms with Gasteiger partial charge in [0.05, 0.1) is 17.9 Å². The smallest absolute Gasteiger partial charge is 0.307 e. The average Bonchev–Trinajstić information content (AvgIpc) is 2.92. The first-order chi connectivity index (χ1) is 6.56. The zero-order valence-corrected chi connectivity index (χ0v) is 8.32. The van der Waals surface area contributed by atoms with Gasteiger partial charge in [-0.3, -0.25) is 9.59 Å². The third-order valence-electron chi connectivity index (χ3n) is 2.41. The van der Waals surface area contributed by atoms with Gasteiger partial charge >= 0.3 is 5.97 Å². The molecule has 0 aromatic heterocycles. The van der Waals surface area contributed by atoms with Crippen LogP contribution in [-0.2, 0) is 14.3 Å². The van der Waals surface area contributed by atoms with Crippen LogP contribution >= 0.6 is 0 Å². The molecule has 80 valence electrons. The summed E-state index contributed by atoms with van der Waals surface area (Å²) in [5, 5.41) is 11.2. The molecule has 0 aliphatic heterocycles. The fourth-order valence-corrected chi connectivity index (χ4v) is 1.22. The second-order valence-corrected chi connectivity index (χ2v) is 3.58. The van der Waals surface area contributed by atoms with E-state index >= 15 is 0 Å². The van der Waals surface area contributed by atoms with Gasteiger partial charge in [-0.15, -0.1) is 0 Å². The molecule has 1 saturated carbocycles. The average molecular weight is 201 g/mol. The van der Waals surface area contributed by atoms with Crippen molar-refractivity contribution in [2.24, 2.45) is 11.8 Å². The SMILES string of the molecule is COC(C)CNC(=O)C1CC1C(=O)O. The van der Waals surface area contributed by atoms with Crippen LogP contribution in [0.25, 0.3) is 0 Å². The predicted molar refractivity (Wildman–Crippen MR) is 48.7 cm³/mol. The van der Waals surface area contributed by atoms with Crippen molar-refractivity contribution in [1.82, 2.24) is 5.32 Å². The van der Waals surface area contributed by atoms with Crippen molar-refractivity contribution in [3.63, 3.8) is 0 Å². The van der Waals surface area contributed by atoms with Crippen LogP contribution in [0.5, 0.6) is 0 Å². The van der Waals surface area contributed by atoms with E-state index in [0.717, 1.165) is 0 Å². The number of hydrogen-bond donors (Lipinski definition) is 2. The van der Waals surface area contributed by atoms with Gasteiger partial charge in [-0.2, -0.15) is 0 Å². The molecular formula is C9H15NO4. The Morgan fingerprint density at radius 1 is 1.57 bits per heavy atom. The number of carboxylic acids is 1. The van der Waals surface area contributed by atoms with Gasteiger partial charge < -0.3 is 15.2 Å². The van der Waals surface area contributed by atoms with Gasteiger partial charge in [0, 0.05) is 13.7 Å². The number of rotatable bonds is 5. The molecule has 3 unspecified atom stereocenters. The molecule has 5 nitrogen and oxygen atoms in total. The molecule has 1 aliphatic carbocycles. The van der Waals surface area contributed by atoms with Gasteiger partial charge in [-0.25, -0.2) is 0 Å². The van der Waals surface area contributed by atoms with Gasteiger partial charge in [-0.05, 0) is 13.3 Å². The van der Waals surface area contributed by atoms with E-state index in [1.165, 1.54) is 0 Å². The Bertz CT molecular complexity index is 241. The Hall–Kier alpha value is -1.10. The van der Waals surface area contributed by atoms with Crippen molar-refractivity contribution in [3.8, 4) is 0 Å². The molecule has 2 N–H and O–H groups in total. The molecule has 1 rings (SSSR count). The molecule has 0 aromatic rings. The lowest BCUT2D eigenvalue weighted by Crippen LogP contribution is -2.33. The highest BCUT2D eigenvalue weighted by molar-refractivity contribution is 5.89. The summed E-state index contributed by atoms with van der Waals surface area (Å²) in [6.45, 7) is 2.26. The Labute approximate surface area is 82.4 Å². The van der Waals surface area contributed by atoms with Crippen LogP contribution in [0.3, 0.4) is 0 Å². The normalized spacial score (nSPS) is 26.7. The lowest BCUT2D eigenvalue weighted by atomic mass is 10.3. The standard InChI is InChI=1S/C9H15NO4/c1-5(14-2)4-10-8(11)6-3-7(6)9(12)13/h5-7H,3-4H2,1-2H3,(H,10,11)(H,12,13). The van der Waals surface area contributed by atoms with E-state index in [1.54, 1.807) is 7.11 Å². The highest BCUT2D eigenvalue weighted by Gasteiger charge is 2.48. The molecular weight excluding hydrogens is 186 g/mol.